The summed E-state index contributed by atoms with van der Waals surface area (Å²) in [5.41, 5.74) is -6.76. The number of amides is 1. The van der Waals surface area contributed by atoms with E-state index in [0.717, 1.165) is 4.90 Å². The Morgan fingerprint density at radius 2 is 1.87 bits per heavy atom. The zero-order chi connectivity index (χ0) is 18.1. The Bertz CT molecular complexity index is 656. The topological polar surface area (TPSA) is 77.3 Å². The average molecular weight is 356 g/mol. The fourth-order valence-corrected chi connectivity index (χ4v) is 2.12. The summed E-state index contributed by atoms with van der Waals surface area (Å²) in [7, 11) is -5.84. The van der Waals surface area contributed by atoms with Crippen molar-refractivity contribution in [3.8, 4) is 0 Å². The summed E-state index contributed by atoms with van der Waals surface area (Å²) >= 11 is 0. The van der Waals surface area contributed by atoms with Crippen LogP contribution >= 0.6 is 0 Å². The minimum Gasteiger partial charge on any atom is -0.444 e. The highest BCUT2D eigenvalue weighted by Crippen LogP contribution is 2.30. The Morgan fingerprint density at radius 3 is 2.30 bits per heavy atom. The number of nitrogens with zero attached hydrogens (tertiary/aromatic N) is 2. The van der Waals surface area contributed by atoms with Gasteiger partial charge in [0.2, 0.25) is 5.70 Å². The van der Waals surface area contributed by atoms with Gasteiger partial charge in [0.25, 0.3) is 0 Å². The van der Waals surface area contributed by atoms with E-state index in [-0.39, 0.29) is 19.5 Å². The van der Waals surface area contributed by atoms with E-state index in [1.54, 1.807) is 20.8 Å². The van der Waals surface area contributed by atoms with E-state index in [2.05, 4.69) is 9.03 Å². The normalized spacial score (nSPS) is 16.8. The monoisotopic (exact) mass is 356 g/mol. The maximum absolute atomic E-state index is 12.3. The molecule has 23 heavy (non-hydrogen) atoms. The standard InChI is InChI=1S/C12H15F3N2O5S/c1-11(2,3)21-10(18)17-6-5-9(8(7-17)16-4)22-23(19,20)12(13,14)15/h5-7H2,1-3H3. The molecule has 11 heteroatoms. The van der Waals surface area contributed by atoms with Crippen molar-refractivity contribution in [1.29, 1.82) is 0 Å². The molecule has 0 N–H and O–H groups in total. The fraction of sp³-hybridized carbons (Fsp3) is 0.667. The first-order chi connectivity index (χ1) is 10.3. The van der Waals surface area contributed by atoms with E-state index in [1.165, 1.54) is 0 Å². The lowest BCUT2D eigenvalue weighted by Gasteiger charge is -2.30. The molecule has 0 spiro atoms. The van der Waals surface area contributed by atoms with Crippen LogP contribution in [0.3, 0.4) is 0 Å². The van der Waals surface area contributed by atoms with Crippen molar-refractivity contribution in [2.24, 2.45) is 0 Å². The molecule has 7 nitrogen and oxygen atoms in total. The largest absolute Gasteiger partial charge is 0.534 e. The SMILES string of the molecule is [C-]#[N+]C1=C(OS(=O)(=O)C(F)(F)F)CCN(C(=O)OC(C)(C)C)C1. The average Bonchev–Trinajstić information content (AvgIpc) is 2.35. The summed E-state index contributed by atoms with van der Waals surface area (Å²) in [6.45, 7) is 11.3. The zero-order valence-electron chi connectivity index (χ0n) is 12.6. The Balaban J connectivity index is 2.94. The predicted molar refractivity (Wildman–Crippen MR) is 72.1 cm³/mol. The first-order valence-corrected chi connectivity index (χ1v) is 7.76. The number of hydrogen-bond donors (Lipinski definition) is 0. The lowest BCUT2D eigenvalue weighted by atomic mass is 10.2. The van der Waals surface area contributed by atoms with Crippen LogP contribution in [0.4, 0.5) is 18.0 Å². The maximum atomic E-state index is 12.3. The Labute approximate surface area is 131 Å². The van der Waals surface area contributed by atoms with E-state index in [1.807, 2.05) is 0 Å². The number of carbonyl (C=O) groups excluding carboxylic acids is 1. The first-order valence-electron chi connectivity index (χ1n) is 6.35. The molecule has 0 aliphatic carbocycles. The molecule has 1 aliphatic heterocycles. The molecule has 1 aliphatic rings. The second kappa shape index (κ2) is 6.27. The summed E-state index contributed by atoms with van der Waals surface area (Å²) in [6.07, 6.45) is -1.09. The Morgan fingerprint density at radius 1 is 1.30 bits per heavy atom. The van der Waals surface area contributed by atoms with Crippen LogP contribution in [0.1, 0.15) is 27.2 Å². The second-order valence-corrected chi connectivity index (χ2v) is 7.15. The maximum Gasteiger partial charge on any atom is 0.534 e. The van der Waals surface area contributed by atoms with Crippen molar-refractivity contribution in [2.45, 2.75) is 38.3 Å². The summed E-state index contributed by atoms with van der Waals surface area (Å²) in [5.74, 6) is -0.614. The van der Waals surface area contributed by atoms with Crippen molar-refractivity contribution >= 4 is 16.2 Å². The third-order valence-electron chi connectivity index (χ3n) is 2.55. The zero-order valence-corrected chi connectivity index (χ0v) is 13.4. The summed E-state index contributed by atoms with van der Waals surface area (Å²) < 4.78 is 68.0. The fourth-order valence-electron chi connectivity index (χ4n) is 1.58. The molecule has 0 aromatic rings. The Hall–Kier alpha value is -1.96. The van der Waals surface area contributed by atoms with E-state index in [4.69, 9.17) is 11.3 Å². The first kappa shape index (κ1) is 19.1. The van der Waals surface area contributed by atoms with Crippen LogP contribution in [-0.4, -0.2) is 43.6 Å². The van der Waals surface area contributed by atoms with Gasteiger partial charge in [-0.05, 0) is 20.8 Å². The highest BCUT2D eigenvalue weighted by atomic mass is 32.2. The van der Waals surface area contributed by atoms with Crippen LogP contribution in [0.25, 0.3) is 4.85 Å². The molecular weight excluding hydrogens is 341 g/mol. The molecule has 0 aromatic carbocycles. The second-order valence-electron chi connectivity index (χ2n) is 5.62. The molecule has 0 saturated carbocycles. The van der Waals surface area contributed by atoms with Crippen LogP contribution < -0.4 is 0 Å². The van der Waals surface area contributed by atoms with Crippen molar-refractivity contribution in [3.05, 3.63) is 22.9 Å². The molecule has 130 valence electrons. The van der Waals surface area contributed by atoms with E-state index < -0.39 is 38.8 Å². The minimum absolute atomic E-state index is 0.128. The summed E-state index contributed by atoms with van der Waals surface area (Å²) in [4.78, 5) is 15.9. The summed E-state index contributed by atoms with van der Waals surface area (Å²) in [6, 6.07) is 0. The lowest BCUT2D eigenvalue weighted by Crippen LogP contribution is -2.41. The molecule has 0 atom stereocenters. The molecular formula is C12H15F3N2O5S. The van der Waals surface area contributed by atoms with Crippen molar-refractivity contribution in [3.63, 3.8) is 0 Å². The Kier molecular flexibility index (Phi) is 5.20. The van der Waals surface area contributed by atoms with E-state index >= 15 is 0 Å². The van der Waals surface area contributed by atoms with Gasteiger partial charge in [-0.2, -0.15) is 21.6 Å². The predicted octanol–water partition coefficient (Wildman–Crippen LogP) is 2.62. The van der Waals surface area contributed by atoms with E-state index in [0.29, 0.717) is 0 Å². The minimum atomic E-state index is -5.84. The lowest BCUT2D eigenvalue weighted by molar-refractivity contribution is -0.0526. The molecule has 0 saturated heterocycles. The molecule has 0 fully saturated rings. The number of ether oxygens (including phenoxy) is 1. The van der Waals surface area contributed by atoms with Gasteiger partial charge in [-0.1, -0.05) is 0 Å². The molecule has 1 heterocycles. The quantitative estimate of drug-likeness (QED) is 0.432. The van der Waals surface area contributed by atoms with Gasteiger partial charge in [-0.25, -0.2) is 9.64 Å². The number of rotatable bonds is 2. The molecule has 0 bridgehead atoms. The van der Waals surface area contributed by atoms with Gasteiger partial charge in [0.05, 0.1) is 13.1 Å². The molecule has 1 amide bonds. The number of carbonyl (C=O) groups is 1. The molecule has 1 rings (SSSR count). The van der Waals surface area contributed by atoms with Crippen LogP contribution in [-0.2, 0) is 19.0 Å². The van der Waals surface area contributed by atoms with Gasteiger partial charge in [0, 0.05) is 13.0 Å². The number of hydrogen-bond acceptors (Lipinski definition) is 5. The highest BCUT2D eigenvalue weighted by Gasteiger charge is 2.49. The molecule has 0 aromatic heterocycles. The smallest absolute Gasteiger partial charge is 0.444 e. The third kappa shape index (κ3) is 5.02. The van der Waals surface area contributed by atoms with Crippen molar-refractivity contribution in [1.82, 2.24) is 4.90 Å². The van der Waals surface area contributed by atoms with Crippen LogP contribution in [0.2, 0.25) is 0 Å². The van der Waals surface area contributed by atoms with E-state index in [9.17, 15) is 26.4 Å². The van der Waals surface area contributed by atoms with Crippen LogP contribution in [0, 0.1) is 6.57 Å². The van der Waals surface area contributed by atoms with Gasteiger partial charge in [-0.3, -0.25) is 0 Å². The van der Waals surface area contributed by atoms with Crippen LogP contribution in [0.15, 0.2) is 11.5 Å². The van der Waals surface area contributed by atoms with Gasteiger partial charge in [0.15, 0.2) is 0 Å². The van der Waals surface area contributed by atoms with Crippen LogP contribution in [0.5, 0.6) is 0 Å². The number of alkyl halides is 3. The third-order valence-corrected chi connectivity index (χ3v) is 3.54. The molecule has 0 radical (unpaired) electrons. The number of halogens is 3. The van der Waals surface area contributed by atoms with Gasteiger partial charge in [0.1, 0.15) is 11.4 Å². The summed E-state index contributed by atoms with van der Waals surface area (Å²) in [5, 5.41) is 0. The van der Waals surface area contributed by atoms with Gasteiger partial charge >= 0.3 is 21.7 Å². The van der Waals surface area contributed by atoms with Crippen molar-refractivity contribution in [2.75, 3.05) is 13.1 Å². The highest BCUT2D eigenvalue weighted by molar-refractivity contribution is 7.87. The molecule has 0 unspecified atom stereocenters. The van der Waals surface area contributed by atoms with Gasteiger partial charge in [-0.15, -0.1) is 0 Å². The van der Waals surface area contributed by atoms with Gasteiger partial charge < -0.3 is 13.8 Å². The van der Waals surface area contributed by atoms with Crippen molar-refractivity contribution < 1.29 is 35.3 Å².